The van der Waals surface area contributed by atoms with Crippen molar-refractivity contribution in [3.05, 3.63) is 65.8 Å². The number of nitrogens with zero attached hydrogens (tertiary/aromatic N) is 1. The lowest BCUT2D eigenvalue weighted by molar-refractivity contribution is -0.169. The van der Waals surface area contributed by atoms with Gasteiger partial charge in [0, 0.05) is 28.3 Å². The van der Waals surface area contributed by atoms with Crippen LogP contribution in [-0.4, -0.2) is 24.5 Å². The minimum atomic E-state index is -0.462. The molecule has 0 bridgehead atoms. The summed E-state index contributed by atoms with van der Waals surface area (Å²) in [4.78, 5) is 4.45. The second-order valence-electron chi connectivity index (χ2n) is 5.94. The molecule has 0 spiro atoms. The minimum absolute atomic E-state index is 0.427. The minimum Gasteiger partial charge on any atom is -0.342 e. The predicted octanol–water partition coefficient (Wildman–Crippen LogP) is 4.71. The van der Waals surface area contributed by atoms with E-state index in [0.717, 1.165) is 29.7 Å². The van der Waals surface area contributed by atoms with Crippen molar-refractivity contribution in [3.8, 4) is 23.1 Å². The molecule has 4 heteroatoms. The smallest absolute Gasteiger partial charge is 0.222 e. The lowest BCUT2D eigenvalue weighted by Crippen LogP contribution is -2.31. The lowest BCUT2D eigenvalue weighted by atomic mass is 10.1. The van der Waals surface area contributed by atoms with Gasteiger partial charge in [0.25, 0.3) is 0 Å². The van der Waals surface area contributed by atoms with Gasteiger partial charge < -0.3 is 9.47 Å². The van der Waals surface area contributed by atoms with Crippen molar-refractivity contribution >= 4 is 11.6 Å². The number of benzene rings is 1. The van der Waals surface area contributed by atoms with Gasteiger partial charge in [0.1, 0.15) is 0 Å². The van der Waals surface area contributed by atoms with Crippen molar-refractivity contribution in [1.29, 1.82) is 0 Å². The molecule has 1 aromatic carbocycles. The Hall–Kier alpha value is -2.12. The van der Waals surface area contributed by atoms with Crippen molar-refractivity contribution in [2.45, 2.75) is 19.1 Å². The number of hydrogen-bond acceptors (Lipinski definition) is 3. The molecule has 0 amide bonds. The van der Waals surface area contributed by atoms with E-state index in [1.54, 1.807) is 6.20 Å². The van der Waals surface area contributed by atoms with Crippen molar-refractivity contribution in [1.82, 2.24) is 4.98 Å². The summed E-state index contributed by atoms with van der Waals surface area (Å²) >= 11 is 5.91. The molecule has 0 N–H and O–H groups in total. The van der Waals surface area contributed by atoms with Crippen LogP contribution >= 0.6 is 11.6 Å². The fourth-order valence-corrected chi connectivity index (χ4v) is 2.67. The second-order valence-corrected chi connectivity index (χ2v) is 6.38. The van der Waals surface area contributed by atoms with Crippen LogP contribution in [0.5, 0.6) is 0 Å². The number of ether oxygens (including phenoxy) is 2. The van der Waals surface area contributed by atoms with Crippen LogP contribution in [0.2, 0.25) is 5.02 Å². The number of pyridine rings is 1. The molecule has 0 atom stereocenters. The van der Waals surface area contributed by atoms with E-state index in [1.165, 1.54) is 0 Å². The highest BCUT2D eigenvalue weighted by Crippen LogP contribution is 2.20. The third kappa shape index (κ3) is 5.17. The Labute approximate surface area is 153 Å². The van der Waals surface area contributed by atoms with Crippen LogP contribution < -0.4 is 0 Å². The fraction of sp³-hybridized carbons (Fsp3) is 0.286. The highest BCUT2D eigenvalue weighted by atomic mass is 35.5. The van der Waals surface area contributed by atoms with E-state index in [4.69, 9.17) is 21.1 Å². The van der Waals surface area contributed by atoms with Gasteiger partial charge in [-0.2, -0.15) is 0 Å². The Kier molecular flexibility index (Phi) is 6.25. The zero-order chi connectivity index (χ0) is 17.5. The van der Waals surface area contributed by atoms with E-state index in [1.807, 2.05) is 42.5 Å². The Balaban J connectivity index is 1.57. The van der Waals surface area contributed by atoms with E-state index in [0.29, 0.717) is 24.2 Å². The van der Waals surface area contributed by atoms with E-state index >= 15 is 0 Å². The lowest BCUT2D eigenvalue weighted by Gasteiger charge is -2.26. The van der Waals surface area contributed by atoms with Crippen molar-refractivity contribution in [2.75, 3.05) is 13.2 Å². The van der Waals surface area contributed by atoms with Crippen LogP contribution in [0.4, 0.5) is 0 Å². The Morgan fingerprint density at radius 3 is 2.56 bits per heavy atom. The summed E-state index contributed by atoms with van der Waals surface area (Å²) < 4.78 is 11.3. The van der Waals surface area contributed by atoms with Crippen LogP contribution in [0.15, 0.2) is 55.3 Å². The van der Waals surface area contributed by atoms with Gasteiger partial charge in [-0.15, -0.1) is 6.58 Å². The second kappa shape index (κ2) is 8.82. The molecule has 0 saturated carbocycles. The third-order valence-electron chi connectivity index (χ3n) is 3.98. The molecule has 0 aliphatic carbocycles. The van der Waals surface area contributed by atoms with Crippen molar-refractivity contribution < 1.29 is 9.47 Å². The Morgan fingerprint density at radius 1 is 1.16 bits per heavy atom. The van der Waals surface area contributed by atoms with Gasteiger partial charge in [0.2, 0.25) is 6.29 Å². The molecule has 0 unspecified atom stereocenters. The van der Waals surface area contributed by atoms with Crippen LogP contribution in [0.1, 0.15) is 18.4 Å². The molecule has 0 radical (unpaired) electrons. The quantitative estimate of drug-likeness (QED) is 0.589. The zero-order valence-electron chi connectivity index (χ0n) is 14.0. The molecule has 2 aromatic rings. The fourth-order valence-electron chi connectivity index (χ4n) is 2.55. The van der Waals surface area contributed by atoms with Gasteiger partial charge in [0.05, 0.1) is 18.9 Å². The molecule has 1 fully saturated rings. The summed E-state index contributed by atoms with van der Waals surface area (Å²) in [5.74, 6) is 6.50. The van der Waals surface area contributed by atoms with E-state index in [9.17, 15) is 0 Å². The molecule has 1 aliphatic heterocycles. The maximum Gasteiger partial charge on any atom is 0.222 e. The summed E-state index contributed by atoms with van der Waals surface area (Å²) in [5, 5.41) is 0.713. The first kappa shape index (κ1) is 17.7. The topological polar surface area (TPSA) is 31.4 Å². The molecule has 1 aliphatic rings. The van der Waals surface area contributed by atoms with Gasteiger partial charge in [-0.25, -0.2) is 0 Å². The monoisotopic (exact) mass is 353 g/mol. The molecule has 1 saturated heterocycles. The number of rotatable bonds is 4. The number of hydrogen-bond donors (Lipinski definition) is 0. The normalized spacial score (nSPS) is 19.7. The number of aromatic nitrogens is 1. The summed E-state index contributed by atoms with van der Waals surface area (Å²) in [6.07, 6.45) is 5.24. The Morgan fingerprint density at radius 2 is 1.92 bits per heavy atom. The largest absolute Gasteiger partial charge is 0.342 e. The van der Waals surface area contributed by atoms with Crippen LogP contribution in [0.3, 0.4) is 0 Å². The summed E-state index contributed by atoms with van der Waals surface area (Å²) in [5.41, 5.74) is 2.74. The summed E-state index contributed by atoms with van der Waals surface area (Å²) in [7, 11) is 0. The zero-order valence-corrected chi connectivity index (χ0v) is 14.7. The summed E-state index contributed by atoms with van der Waals surface area (Å²) in [6.45, 7) is 5.10. The molecular weight excluding hydrogens is 334 g/mol. The maximum atomic E-state index is 5.91. The third-order valence-corrected chi connectivity index (χ3v) is 4.24. The van der Waals surface area contributed by atoms with E-state index in [-0.39, 0.29) is 0 Å². The average molecular weight is 354 g/mol. The highest BCUT2D eigenvalue weighted by molar-refractivity contribution is 6.30. The average Bonchev–Trinajstić information content (AvgIpc) is 2.67. The standard InChI is InChI=1S/C21H20ClNO2/c1-2-3-4-17-14-24-21(25-15-17)12-6-16-5-11-20(23-13-16)18-7-9-19(22)10-8-18/h2,5,7-11,13,17,21H,1,3-4,14-15H2/t17-,21-. The number of allylic oxidation sites excluding steroid dienone is 1. The van der Waals surface area contributed by atoms with Crippen LogP contribution in [-0.2, 0) is 9.47 Å². The molecule has 1 aromatic heterocycles. The number of halogens is 1. The predicted molar refractivity (Wildman–Crippen MR) is 100 cm³/mol. The van der Waals surface area contributed by atoms with Gasteiger partial charge in [-0.3, -0.25) is 4.98 Å². The van der Waals surface area contributed by atoms with Gasteiger partial charge in [-0.05, 0) is 43.0 Å². The van der Waals surface area contributed by atoms with Crippen LogP contribution in [0, 0.1) is 17.8 Å². The first-order valence-corrected chi connectivity index (χ1v) is 8.70. The molecule has 2 heterocycles. The first-order chi connectivity index (χ1) is 12.2. The summed E-state index contributed by atoms with van der Waals surface area (Å²) in [6, 6.07) is 11.5. The SMILES string of the molecule is C=CCC[C@H]1CO[C@H](C#Cc2ccc(-c3ccc(Cl)cc3)nc2)OC1. The van der Waals surface area contributed by atoms with Gasteiger partial charge >= 0.3 is 0 Å². The highest BCUT2D eigenvalue weighted by Gasteiger charge is 2.19. The molecule has 3 rings (SSSR count). The first-order valence-electron chi connectivity index (χ1n) is 8.32. The molecule has 25 heavy (non-hydrogen) atoms. The molecular formula is C21H20ClNO2. The molecule has 128 valence electrons. The molecule has 3 nitrogen and oxygen atoms in total. The van der Waals surface area contributed by atoms with E-state index in [2.05, 4.69) is 23.4 Å². The van der Waals surface area contributed by atoms with Crippen molar-refractivity contribution in [3.63, 3.8) is 0 Å². The Bertz CT molecular complexity index is 751. The van der Waals surface area contributed by atoms with Gasteiger partial charge in [-0.1, -0.05) is 35.7 Å². The van der Waals surface area contributed by atoms with E-state index < -0.39 is 6.29 Å². The van der Waals surface area contributed by atoms with Crippen LogP contribution in [0.25, 0.3) is 11.3 Å². The van der Waals surface area contributed by atoms with Gasteiger partial charge in [0.15, 0.2) is 0 Å². The van der Waals surface area contributed by atoms with Crippen molar-refractivity contribution in [2.24, 2.45) is 5.92 Å². The maximum absolute atomic E-state index is 5.91.